The number of morpholine rings is 1. The van der Waals surface area contributed by atoms with Crippen LogP contribution in [0.15, 0.2) is 36.7 Å². The third kappa shape index (κ3) is 2.73. The monoisotopic (exact) mass is 365 g/mol. The summed E-state index contributed by atoms with van der Waals surface area (Å²) in [5.74, 6) is 1.93. The molecule has 7 nitrogen and oxygen atoms in total. The third-order valence-corrected chi connectivity index (χ3v) is 5.92. The SMILES string of the molecule is O=C1Nc2ccccc2C12CCCN(c1cc(N3CCOCC3)ncn1)C2. The van der Waals surface area contributed by atoms with Crippen LogP contribution in [0.5, 0.6) is 0 Å². The van der Waals surface area contributed by atoms with Crippen LogP contribution >= 0.6 is 0 Å². The second-order valence-corrected chi connectivity index (χ2v) is 7.44. The van der Waals surface area contributed by atoms with Crippen LogP contribution in [-0.2, 0) is 14.9 Å². The Kier molecular flexibility index (Phi) is 3.97. The molecule has 4 heterocycles. The maximum Gasteiger partial charge on any atom is 0.236 e. The molecule has 1 aromatic carbocycles. The van der Waals surface area contributed by atoms with Gasteiger partial charge in [-0.3, -0.25) is 4.79 Å². The first-order valence-electron chi connectivity index (χ1n) is 9.57. The summed E-state index contributed by atoms with van der Waals surface area (Å²) in [6.07, 6.45) is 3.45. The van der Waals surface area contributed by atoms with Crippen LogP contribution in [0.2, 0.25) is 0 Å². The van der Waals surface area contributed by atoms with Crippen molar-refractivity contribution in [2.24, 2.45) is 0 Å². The third-order valence-electron chi connectivity index (χ3n) is 5.92. The maximum absolute atomic E-state index is 12.9. The van der Waals surface area contributed by atoms with Gasteiger partial charge in [-0.05, 0) is 24.5 Å². The molecule has 1 atom stereocenters. The zero-order valence-electron chi connectivity index (χ0n) is 15.2. The number of anilines is 3. The Bertz CT molecular complexity index is 867. The van der Waals surface area contributed by atoms with E-state index in [1.807, 2.05) is 24.3 Å². The molecular weight excluding hydrogens is 342 g/mol. The summed E-state index contributed by atoms with van der Waals surface area (Å²) < 4.78 is 5.44. The van der Waals surface area contributed by atoms with E-state index in [4.69, 9.17) is 4.74 Å². The second-order valence-electron chi connectivity index (χ2n) is 7.44. The summed E-state index contributed by atoms with van der Waals surface area (Å²) >= 11 is 0. The standard InChI is InChI=1S/C20H23N5O2/c26-19-20(15-4-1-2-5-16(15)23-19)6-3-7-25(13-20)18-12-17(21-14-22-18)24-8-10-27-11-9-24/h1-2,4-5,12,14H,3,6-11,13H2,(H,23,26). The number of hydrogen-bond acceptors (Lipinski definition) is 6. The Labute approximate surface area is 158 Å². The van der Waals surface area contributed by atoms with E-state index >= 15 is 0 Å². The van der Waals surface area contributed by atoms with Gasteiger partial charge in [-0.2, -0.15) is 0 Å². The molecule has 2 saturated heterocycles. The Hall–Kier alpha value is -2.67. The minimum Gasteiger partial charge on any atom is -0.378 e. The Balaban J connectivity index is 1.44. The molecular formula is C20H23N5O2. The molecule has 2 aromatic rings. The number of nitrogens with one attached hydrogen (secondary N) is 1. The summed E-state index contributed by atoms with van der Waals surface area (Å²) in [6, 6.07) is 10.1. The molecule has 0 saturated carbocycles. The fourth-order valence-corrected chi connectivity index (χ4v) is 4.51. The number of piperidine rings is 1. The van der Waals surface area contributed by atoms with E-state index in [-0.39, 0.29) is 5.91 Å². The number of ether oxygens (including phenoxy) is 1. The van der Waals surface area contributed by atoms with Gasteiger partial charge in [0.2, 0.25) is 5.91 Å². The molecule has 0 bridgehead atoms. The van der Waals surface area contributed by atoms with Crippen molar-refractivity contribution in [1.82, 2.24) is 9.97 Å². The molecule has 0 aliphatic carbocycles. The van der Waals surface area contributed by atoms with E-state index in [1.165, 1.54) is 0 Å². The number of hydrogen-bond donors (Lipinski definition) is 1. The number of para-hydroxylation sites is 1. The van der Waals surface area contributed by atoms with Crippen molar-refractivity contribution in [3.63, 3.8) is 0 Å². The highest BCUT2D eigenvalue weighted by Crippen LogP contribution is 2.44. The lowest BCUT2D eigenvalue weighted by Crippen LogP contribution is -2.50. The van der Waals surface area contributed by atoms with Crippen molar-refractivity contribution in [3.8, 4) is 0 Å². The van der Waals surface area contributed by atoms with Gasteiger partial charge in [0.1, 0.15) is 18.0 Å². The average molecular weight is 365 g/mol. The quantitative estimate of drug-likeness (QED) is 0.875. The fourth-order valence-electron chi connectivity index (χ4n) is 4.51. The van der Waals surface area contributed by atoms with Gasteiger partial charge in [-0.25, -0.2) is 9.97 Å². The van der Waals surface area contributed by atoms with Crippen LogP contribution in [0.25, 0.3) is 0 Å². The van der Waals surface area contributed by atoms with Crippen LogP contribution in [0, 0.1) is 0 Å². The summed E-state index contributed by atoms with van der Waals surface area (Å²) in [5, 5.41) is 3.07. The molecule has 1 spiro atoms. The number of carbonyl (C=O) groups is 1. The Morgan fingerprint density at radius 1 is 1.04 bits per heavy atom. The number of amides is 1. The zero-order valence-corrected chi connectivity index (χ0v) is 15.2. The van der Waals surface area contributed by atoms with Crippen molar-refractivity contribution >= 4 is 23.2 Å². The Morgan fingerprint density at radius 3 is 2.67 bits per heavy atom. The first-order valence-corrected chi connectivity index (χ1v) is 9.57. The van der Waals surface area contributed by atoms with Crippen molar-refractivity contribution in [1.29, 1.82) is 0 Å². The van der Waals surface area contributed by atoms with Crippen LogP contribution in [0.1, 0.15) is 18.4 Å². The molecule has 5 rings (SSSR count). The predicted octanol–water partition coefficient (Wildman–Crippen LogP) is 1.80. The highest BCUT2D eigenvalue weighted by molar-refractivity contribution is 6.06. The molecule has 1 aromatic heterocycles. The van der Waals surface area contributed by atoms with Gasteiger partial charge in [0.15, 0.2) is 0 Å². The number of benzene rings is 1. The van der Waals surface area contributed by atoms with E-state index in [0.717, 1.165) is 68.6 Å². The largest absolute Gasteiger partial charge is 0.378 e. The van der Waals surface area contributed by atoms with E-state index in [0.29, 0.717) is 6.54 Å². The molecule has 1 N–H and O–H groups in total. The lowest BCUT2D eigenvalue weighted by Gasteiger charge is -2.40. The van der Waals surface area contributed by atoms with E-state index < -0.39 is 5.41 Å². The molecule has 140 valence electrons. The van der Waals surface area contributed by atoms with Crippen LogP contribution in [0.3, 0.4) is 0 Å². The summed E-state index contributed by atoms with van der Waals surface area (Å²) in [4.78, 5) is 26.3. The summed E-state index contributed by atoms with van der Waals surface area (Å²) in [6.45, 7) is 4.69. The van der Waals surface area contributed by atoms with Gasteiger partial charge >= 0.3 is 0 Å². The first kappa shape index (κ1) is 16.5. The minimum atomic E-state index is -0.487. The zero-order chi connectivity index (χ0) is 18.3. The van der Waals surface area contributed by atoms with Crippen molar-refractivity contribution in [3.05, 3.63) is 42.2 Å². The van der Waals surface area contributed by atoms with Gasteiger partial charge in [0.05, 0.1) is 18.6 Å². The molecule has 1 unspecified atom stereocenters. The molecule has 1 amide bonds. The number of nitrogens with zero attached hydrogens (tertiary/aromatic N) is 4. The predicted molar refractivity (Wildman–Crippen MR) is 103 cm³/mol. The van der Waals surface area contributed by atoms with Gasteiger partial charge in [-0.15, -0.1) is 0 Å². The lowest BCUT2D eigenvalue weighted by molar-refractivity contribution is -0.121. The summed E-state index contributed by atoms with van der Waals surface area (Å²) in [5.41, 5.74) is 1.57. The Morgan fingerprint density at radius 2 is 1.81 bits per heavy atom. The highest BCUT2D eigenvalue weighted by atomic mass is 16.5. The average Bonchev–Trinajstić information content (AvgIpc) is 3.00. The van der Waals surface area contributed by atoms with E-state index in [9.17, 15) is 4.79 Å². The van der Waals surface area contributed by atoms with Gasteiger partial charge in [0, 0.05) is 37.9 Å². The van der Waals surface area contributed by atoms with Crippen LogP contribution in [0.4, 0.5) is 17.3 Å². The summed E-state index contributed by atoms with van der Waals surface area (Å²) in [7, 11) is 0. The molecule has 0 radical (unpaired) electrons. The molecule has 3 aliphatic rings. The van der Waals surface area contributed by atoms with Crippen LogP contribution in [-0.4, -0.2) is 55.3 Å². The number of carbonyl (C=O) groups excluding carboxylic acids is 1. The maximum atomic E-state index is 12.9. The fraction of sp³-hybridized carbons (Fsp3) is 0.450. The van der Waals surface area contributed by atoms with Gasteiger partial charge in [-0.1, -0.05) is 18.2 Å². The van der Waals surface area contributed by atoms with Crippen molar-refractivity contribution in [2.45, 2.75) is 18.3 Å². The first-order chi connectivity index (χ1) is 13.3. The smallest absolute Gasteiger partial charge is 0.236 e. The van der Waals surface area contributed by atoms with Crippen molar-refractivity contribution < 1.29 is 9.53 Å². The second kappa shape index (κ2) is 6.49. The normalized spacial score (nSPS) is 24.8. The van der Waals surface area contributed by atoms with Gasteiger partial charge in [0.25, 0.3) is 0 Å². The molecule has 27 heavy (non-hydrogen) atoms. The molecule has 2 fully saturated rings. The number of fused-ring (bicyclic) bond motifs is 2. The van der Waals surface area contributed by atoms with Crippen molar-refractivity contribution in [2.75, 3.05) is 54.5 Å². The molecule has 3 aliphatic heterocycles. The molecule has 7 heteroatoms. The van der Waals surface area contributed by atoms with Crippen LogP contribution < -0.4 is 15.1 Å². The topological polar surface area (TPSA) is 70.6 Å². The highest BCUT2D eigenvalue weighted by Gasteiger charge is 2.49. The number of aromatic nitrogens is 2. The van der Waals surface area contributed by atoms with E-state index in [1.54, 1.807) is 6.33 Å². The van der Waals surface area contributed by atoms with E-state index in [2.05, 4.69) is 31.2 Å². The lowest BCUT2D eigenvalue weighted by atomic mass is 9.75. The van der Waals surface area contributed by atoms with Gasteiger partial charge < -0.3 is 19.9 Å². The minimum absolute atomic E-state index is 0.107. The number of rotatable bonds is 2.